The number of carbonyl (C=O) groups excluding carboxylic acids is 1. The number of carbonyl (C=O) groups is 1. The number of ether oxygens (including phenoxy) is 1. The van der Waals surface area contributed by atoms with E-state index in [2.05, 4.69) is 10.6 Å². The van der Waals surface area contributed by atoms with E-state index in [0.29, 0.717) is 12.6 Å². The molecular weight excluding hydrogens is 240 g/mol. The van der Waals surface area contributed by atoms with Crippen molar-refractivity contribution in [3.63, 3.8) is 0 Å². The summed E-state index contributed by atoms with van der Waals surface area (Å²) in [4.78, 5) is 11.9. The largest absolute Gasteiger partial charge is 0.373 e. The molecule has 1 aromatic rings. The maximum absolute atomic E-state index is 11.9. The van der Waals surface area contributed by atoms with E-state index < -0.39 is 0 Å². The third-order valence-electron chi connectivity index (χ3n) is 4.00. The van der Waals surface area contributed by atoms with Crippen molar-refractivity contribution >= 4 is 6.03 Å². The monoisotopic (exact) mass is 260 g/mol. The first-order chi connectivity index (χ1) is 9.31. The summed E-state index contributed by atoms with van der Waals surface area (Å²) in [5.41, 5.74) is 1.11. The molecule has 102 valence electrons. The van der Waals surface area contributed by atoms with Crippen LogP contribution in [0.4, 0.5) is 4.79 Å². The summed E-state index contributed by atoms with van der Waals surface area (Å²) in [5.74, 6) is 0. The van der Waals surface area contributed by atoms with Crippen LogP contribution in [0.15, 0.2) is 30.3 Å². The highest BCUT2D eigenvalue weighted by Gasteiger charge is 2.37. The van der Waals surface area contributed by atoms with Gasteiger partial charge in [-0.3, -0.25) is 0 Å². The zero-order valence-corrected chi connectivity index (χ0v) is 11.0. The second-order valence-electron chi connectivity index (χ2n) is 5.37. The van der Waals surface area contributed by atoms with Gasteiger partial charge in [-0.2, -0.15) is 0 Å². The molecule has 4 heteroatoms. The number of hydrogen-bond acceptors (Lipinski definition) is 2. The number of rotatable bonds is 3. The van der Waals surface area contributed by atoms with Gasteiger partial charge in [0.05, 0.1) is 18.2 Å². The van der Waals surface area contributed by atoms with Crippen LogP contribution in [-0.2, 0) is 11.3 Å². The molecule has 2 amide bonds. The van der Waals surface area contributed by atoms with Gasteiger partial charge in [0.1, 0.15) is 0 Å². The van der Waals surface area contributed by atoms with Crippen LogP contribution in [0.2, 0.25) is 0 Å². The quantitative estimate of drug-likeness (QED) is 0.875. The van der Waals surface area contributed by atoms with Crippen molar-refractivity contribution in [1.29, 1.82) is 0 Å². The molecule has 19 heavy (non-hydrogen) atoms. The van der Waals surface area contributed by atoms with Gasteiger partial charge in [0.2, 0.25) is 0 Å². The smallest absolute Gasteiger partial charge is 0.315 e. The van der Waals surface area contributed by atoms with Crippen molar-refractivity contribution < 1.29 is 9.53 Å². The highest BCUT2D eigenvalue weighted by molar-refractivity contribution is 5.74. The van der Waals surface area contributed by atoms with E-state index in [1.54, 1.807) is 0 Å². The SMILES string of the molecule is O=C(NCc1ccccc1)NC1CCC2CCC1O2. The molecule has 1 aromatic carbocycles. The Morgan fingerprint density at radius 2 is 1.95 bits per heavy atom. The zero-order valence-electron chi connectivity index (χ0n) is 11.0. The molecule has 2 saturated heterocycles. The highest BCUT2D eigenvalue weighted by atomic mass is 16.5. The van der Waals surface area contributed by atoms with Crippen molar-refractivity contribution in [2.75, 3.05) is 0 Å². The van der Waals surface area contributed by atoms with Crippen LogP contribution in [0.5, 0.6) is 0 Å². The van der Waals surface area contributed by atoms with Gasteiger partial charge in [-0.1, -0.05) is 30.3 Å². The number of hydrogen-bond donors (Lipinski definition) is 2. The Labute approximate surface area is 113 Å². The first-order valence-corrected chi connectivity index (χ1v) is 7.05. The molecule has 2 fully saturated rings. The standard InChI is InChI=1S/C15H20N2O2/c18-15(16-10-11-4-2-1-3-5-11)17-13-8-6-12-7-9-14(13)19-12/h1-5,12-14H,6-10H2,(H2,16,17,18). The van der Waals surface area contributed by atoms with E-state index >= 15 is 0 Å². The van der Waals surface area contributed by atoms with Crippen LogP contribution >= 0.6 is 0 Å². The molecule has 3 atom stereocenters. The van der Waals surface area contributed by atoms with Gasteiger partial charge in [0.15, 0.2) is 0 Å². The highest BCUT2D eigenvalue weighted by Crippen LogP contribution is 2.32. The van der Waals surface area contributed by atoms with Crippen LogP contribution in [0.3, 0.4) is 0 Å². The minimum absolute atomic E-state index is 0.0946. The molecule has 0 radical (unpaired) electrons. The number of urea groups is 1. The summed E-state index contributed by atoms with van der Waals surface area (Å²) in [7, 11) is 0. The third kappa shape index (κ3) is 3.07. The van der Waals surface area contributed by atoms with Crippen LogP contribution < -0.4 is 10.6 Å². The molecule has 0 saturated carbocycles. The average molecular weight is 260 g/mol. The fourth-order valence-electron chi connectivity index (χ4n) is 2.96. The maximum Gasteiger partial charge on any atom is 0.315 e. The summed E-state index contributed by atoms with van der Waals surface area (Å²) >= 11 is 0. The summed E-state index contributed by atoms with van der Waals surface area (Å²) in [6.45, 7) is 0.563. The minimum atomic E-state index is -0.0946. The van der Waals surface area contributed by atoms with Crippen LogP contribution in [0.25, 0.3) is 0 Å². The van der Waals surface area contributed by atoms with Gasteiger partial charge in [0.25, 0.3) is 0 Å². The second kappa shape index (κ2) is 5.61. The summed E-state index contributed by atoms with van der Waals surface area (Å²) in [5, 5.41) is 5.94. The molecule has 3 unspecified atom stereocenters. The molecule has 0 aromatic heterocycles. The normalized spacial score (nSPS) is 28.9. The summed E-state index contributed by atoms with van der Waals surface area (Å²) < 4.78 is 5.83. The average Bonchev–Trinajstić information content (AvgIpc) is 2.84. The molecule has 3 rings (SSSR count). The first-order valence-electron chi connectivity index (χ1n) is 7.05. The molecule has 2 aliphatic heterocycles. The summed E-state index contributed by atoms with van der Waals surface area (Å²) in [6.07, 6.45) is 4.99. The van der Waals surface area contributed by atoms with Crippen LogP contribution in [-0.4, -0.2) is 24.3 Å². The Kier molecular flexibility index (Phi) is 3.69. The van der Waals surface area contributed by atoms with Crippen molar-refractivity contribution in [2.45, 2.75) is 50.5 Å². The molecule has 2 N–H and O–H groups in total. The van der Waals surface area contributed by atoms with E-state index in [1.165, 1.54) is 0 Å². The molecule has 0 spiro atoms. The van der Waals surface area contributed by atoms with Gasteiger partial charge in [-0.25, -0.2) is 4.79 Å². The van der Waals surface area contributed by atoms with Gasteiger partial charge < -0.3 is 15.4 Å². The Hall–Kier alpha value is -1.55. The fraction of sp³-hybridized carbons (Fsp3) is 0.533. The lowest BCUT2D eigenvalue weighted by molar-refractivity contribution is -0.0134. The predicted molar refractivity (Wildman–Crippen MR) is 72.7 cm³/mol. The predicted octanol–water partition coefficient (Wildman–Crippen LogP) is 2.20. The van der Waals surface area contributed by atoms with Crippen LogP contribution in [0, 0.1) is 0 Å². The lowest BCUT2D eigenvalue weighted by Crippen LogP contribution is -2.49. The van der Waals surface area contributed by atoms with Gasteiger partial charge in [0, 0.05) is 6.54 Å². The van der Waals surface area contributed by atoms with E-state index in [1.807, 2.05) is 30.3 Å². The number of benzene rings is 1. The molecule has 2 bridgehead atoms. The van der Waals surface area contributed by atoms with Crippen molar-refractivity contribution in [3.05, 3.63) is 35.9 Å². The Morgan fingerprint density at radius 3 is 2.79 bits per heavy atom. The molecule has 0 aliphatic carbocycles. The Balaban J connectivity index is 1.46. The molecule has 4 nitrogen and oxygen atoms in total. The Morgan fingerprint density at radius 1 is 1.16 bits per heavy atom. The lowest BCUT2D eigenvalue weighted by Gasteiger charge is -2.29. The second-order valence-corrected chi connectivity index (χ2v) is 5.37. The number of amides is 2. The topological polar surface area (TPSA) is 50.4 Å². The van der Waals surface area contributed by atoms with E-state index in [4.69, 9.17) is 4.74 Å². The number of fused-ring (bicyclic) bond motifs is 2. The number of nitrogens with one attached hydrogen (secondary N) is 2. The van der Waals surface area contributed by atoms with Gasteiger partial charge in [-0.15, -0.1) is 0 Å². The fourth-order valence-corrected chi connectivity index (χ4v) is 2.96. The van der Waals surface area contributed by atoms with Crippen molar-refractivity contribution in [3.8, 4) is 0 Å². The molecule has 2 aliphatic rings. The van der Waals surface area contributed by atoms with Crippen molar-refractivity contribution in [2.24, 2.45) is 0 Å². The van der Waals surface area contributed by atoms with Crippen molar-refractivity contribution in [1.82, 2.24) is 10.6 Å². The molecular formula is C15H20N2O2. The zero-order chi connectivity index (χ0) is 13.1. The van der Waals surface area contributed by atoms with E-state index in [0.717, 1.165) is 31.2 Å². The van der Waals surface area contributed by atoms with Crippen LogP contribution in [0.1, 0.15) is 31.2 Å². The Bertz CT molecular complexity index is 435. The minimum Gasteiger partial charge on any atom is -0.373 e. The summed E-state index contributed by atoms with van der Waals surface area (Å²) in [6, 6.07) is 10.0. The van der Waals surface area contributed by atoms with E-state index in [-0.39, 0.29) is 18.2 Å². The third-order valence-corrected chi connectivity index (χ3v) is 4.00. The maximum atomic E-state index is 11.9. The lowest BCUT2D eigenvalue weighted by atomic mass is 10.0. The van der Waals surface area contributed by atoms with Gasteiger partial charge >= 0.3 is 6.03 Å². The first kappa shape index (κ1) is 12.5. The van der Waals surface area contributed by atoms with Gasteiger partial charge in [-0.05, 0) is 31.2 Å². The van der Waals surface area contributed by atoms with E-state index in [9.17, 15) is 4.79 Å². The molecule has 2 heterocycles.